The molecular weight excluding hydrogens is 565 g/mol. The number of aryl methyl sites for hydroxylation is 1. The van der Waals surface area contributed by atoms with Gasteiger partial charge in [0.2, 0.25) is 10.2 Å². The SMILES string of the molecule is COc1cc(/C=C2\C(=N)N3N=C(C(F)(F)F)SC3=NC2=O)cc(Br)c1OCCOc1ccccc1C. The average molecular weight is 583 g/mol. The van der Waals surface area contributed by atoms with Gasteiger partial charge in [-0.25, -0.2) is 0 Å². The molecule has 0 radical (unpaired) electrons. The summed E-state index contributed by atoms with van der Waals surface area (Å²) in [6, 6.07) is 10.8. The number of halogens is 4. The Morgan fingerprint density at radius 2 is 1.89 bits per heavy atom. The Kier molecular flexibility index (Phi) is 7.41. The van der Waals surface area contributed by atoms with Crippen molar-refractivity contribution in [3.8, 4) is 17.2 Å². The van der Waals surface area contributed by atoms with Crippen molar-refractivity contribution in [2.45, 2.75) is 13.1 Å². The molecule has 13 heteroatoms. The number of carbonyl (C=O) groups is 1. The summed E-state index contributed by atoms with van der Waals surface area (Å²) in [6.07, 6.45) is -3.38. The number of carbonyl (C=O) groups excluding carboxylic acids is 1. The highest BCUT2D eigenvalue weighted by Gasteiger charge is 2.46. The van der Waals surface area contributed by atoms with E-state index in [-0.39, 0.29) is 35.7 Å². The quantitative estimate of drug-likeness (QED) is 0.346. The van der Waals surface area contributed by atoms with Crippen molar-refractivity contribution in [2.24, 2.45) is 10.1 Å². The minimum absolute atomic E-state index is 0.194. The lowest BCUT2D eigenvalue weighted by atomic mass is 10.1. The largest absolute Gasteiger partial charge is 0.493 e. The smallest absolute Gasteiger partial charge is 0.441 e. The lowest BCUT2D eigenvalue weighted by molar-refractivity contribution is -0.114. The zero-order chi connectivity index (χ0) is 26.0. The van der Waals surface area contributed by atoms with Gasteiger partial charge in [0.15, 0.2) is 17.3 Å². The standard InChI is InChI=1S/C23H18BrF3N4O4S/c1-12-5-3-4-6-16(12)34-7-8-35-18-15(24)10-13(11-17(18)33-2)9-14-19(28)31-22(29-20(14)32)36-21(30-31)23(25,26)27/h3-6,9-11,28H,7-8H2,1-2H3/b14-9+,28-19?. The van der Waals surface area contributed by atoms with Gasteiger partial charge in [-0.05, 0) is 70.0 Å². The number of nitrogens with zero attached hydrogens (tertiary/aromatic N) is 3. The van der Waals surface area contributed by atoms with E-state index in [2.05, 4.69) is 26.0 Å². The molecule has 188 valence electrons. The maximum atomic E-state index is 13.0. The fraction of sp³-hybridized carbons (Fsp3) is 0.217. The molecule has 0 atom stereocenters. The molecule has 0 unspecified atom stereocenters. The van der Waals surface area contributed by atoms with Gasteiger partial charge < -0.3 is 14.2 Å². The predicted molar refractivity (Wildman–Crippen MR) is 134 cm³/mol. The number of aliphatic imine (C=N–C) groups is 1. The van der Waals surface area contributed by atoms with Crippen molar-refractivity contribution in [3.05, 3.63) is 57.6 Å². The molecule has 36 heavy (non-hydrogen) atoms. The molecule has 2 aromatic rings. The minimum atomic E-state index is -4.71. The molecule has 0 saturated carbocycles. The zero-order valence-corrected chi connectivity index (χ0v) is 21.3. The minimum Gasteiger partial charge on any atom is -0.493 e. The van der Waals surface area contributed by atoms with Gasteiger partial charge in [0.25, 0.3) is 5.91 Å². The van der Waals surface area contributed by atoms with Crippen LogP contribution in [0.25, 0.3) is 6.08 Å². The number of hydrogen-bond acceptors (Lipinski definition) is 7. The first kappa shape index (κ1) is 25.8. The summed E-state index contributed by atoms with van der Waals surface area (Å²) < 4.78 is 56.5. The monoisotopic (exact) mass is 582 g/mol. The molecule has 0 bridgehead atoms. The first-order valence-electron chi connectivity index (χ1n) is 10.3. The van der Waals surface area contributed by atoms with Crippen molar-refractivity contribution in [2.75, 3.05) is 20.3 Å². The molecule has 2 aliphatic heterocycles. The highest BCUT2D eigenvalue weighted by atomic mass is 79.9. The third kappa shape index (κ3) is 5.41. The molecule has 1 amide bonds. The molecule has 2 heterocycles. The highest BCUT2D eigenvalue weighted by Crippen LogP contribution is 2.39. The number of amidine groups is 2. The van der Waals surface area contributed by atoms with E-state index in [0.29, 0.717) is 26.5 Å². The second-order valence-electron chi connectivity index (χ2n) is 7.42. The molecular formula is C23H18BrF3N4O4S. The third-order valence-electron chi connectivity index (χ3n) is 4.94. The number of para-hydroxylation sites is 1. The molecule has 8 nitrogen and oxygen atoms in total. The Labute approximate surface area is 216 Å². The fourth-order valence-corrected chi connectivity index (χ4v) is 4.58. The Bertz CT molecular complexity index is 1330. The van der Waals surface area contributed by atoms with E-state index >= 15 is 0 Å². The number of hydrazone groups is 1. The van der Waals surface area contributed by atoms with Gasteiger partial charge in [0.1, 0.15) is 19.0 Å². The summed E-state index contributed by atoms with van der Waals surface area (Å²) in [5.41, 5.74) is 1.21. The van der Waals surface area contributed by atoms with Crippen LogP contribution in [0.5, 0.6) is 17.2 Å². The first-order chi connectivity index (χ1) is 17.1. The normalized spacial score (nSPS) is 16.6. The number of nitrogens with one attached hydrogen (secondary N) is 1. The van der Waals surface area contributed by atoms with Crippen LogP contribution in [0.4, 0.5) is 13.2 Å². The van der Waals surface area contributed by atoms with Crippen LogP contribution >= 0.6 is 27.7 Å². The number of amides is 1. The van der Waals surface area contributed by atoms with Crippen molar-refractivity contribution in [1.82, 2.24) is 5.01 Å². The lowest BCUT2D eigenvalue weighted by Gasteiger charge is -2.20. The van der Waals surface area contributed by atoms with E-state index < -0.39 is 23.0 Å². The molecule has 2 aliphatic rings. The summed E-state index contributed by atoms with van der Waals surface area (Å²) in [5.74, 6) is 0.123. The van der Waals surface area contributed by atoms with Gasteiger partial charge in [-0.1, -0.05) is 18.2 Å². The fourth-order valence-electron chi connectivity index (χ4n) is 3.25. The van der Waals surface area contributed by atoms with Gasteiger partial charge >= 0.3 is 6.18 Å². The number of hydrogen-bond donors (Lipinski definition) is 1. The van der Waals surface area contributed by atoms with Gasteiger partial charge in [0.05, 0.1) is 17.2 Å². The van der Waals surface area contributed by atoms with Gasteiger partial charge in [-0.2, -0.15) is 28.3 Å². The van der Waals surface area contributed by atoms with E-state index in [1.54, 1.807) is 12.1 Å². The molecule has 0 spiro atoms. The average Bonchev–Trinajstić information content (AvgIpc) is 3.26. The molecule has 4 rings (SSSR count). The van der Waals surface area contributed by atoms with Crippen molar-refractivity contribution < 1.29 is 32.2 Å². The van der Waals surface area contributed by atoms with Gasteiger partial charge in [-0.3, -0.25) is 10.2 Å². The molecule has 1 N–H and O–H groups in total. The van der Waals surface area contributed by atoms with E-state index in [4.69, 9.17) is 19.6 Å². The first-order valence-corrected chi connectivity index (χ1v) is 12.0. The van der Waals surface area contributed by atoms with E-state index in [0.717, 1.165) is 11.3 Å². The van der Waals surface area contributed by atoms with Crippen LogP contribution in [-0.4, -0.2) is 53.5 Å². The number of benzene rings is 2. The van der Waals surface area contributed by atoms with Crippen LogP contribution < -0.4 is 14.2 Å². The van der Waals surface area contributed by atoms with Crippen molar-refractivity contribution >= 4 is 55.7 Å². The Balaban J connectivity index is 1.51. The summed E-state index contributed by atoms with van der Waals surface area (Å²) in [6.45, 7) is 2.44. The van der Waals surface area contributed by atoms with Crippen LogP contribution in [0.3, 0.4) is 0 Å². The van der Waals surface area contributed by atoms with Crippen LogP contribution in [0.2, 0.25) is 0 Å². The van der Waals surface area contributed by atoms with E-state index in [1.165, 1.54) is 13.2 Å². The summed E-state index contributed by atoms with van der Waals surface area (Å²) in [4.78, 5) is 16.1. The third-order valence-corrected chi connectivity index (χ3v) is 6.48. The number of thioether (sulfide) groups is 1. The topological polar surface area (TPSA) is 96.6 Å². The lowest BCUT2D eigenvalue weighted by Crippen LogP contribution is -2.35. The maximum Gasteiger partial charge on any atom is 0.441 e. The summed E-state index contributed by atoms with van der Waals surface area (Å²) in [7, 11) is 1.44. The van der Waals surface area contributed by atoms with E-state index in [9.17, 15) is 18.0 Å². The Morgan fingerprint density at radius 3 is 2.58 bits per heavy atom. The predicted octanol–water partition coefficient (Wildman–Crippen LogP) is 5.41. The zero-order valence-electron chi connectivity index (χ0n) is 18.9. The summed E-state index contributed by atoms with van der Waals surface area (Å²) in [5, 5.41) is 10.8. The van der Waals surface area contributed by atoms with Crippen molar-refractivity contribution in [1.29, 1.82) is 5.41 Å². The number of alkyl halides is 3. The number of rotatable bonds is 7. The highest BCUT2D eigenvalue weighted by molar-refractivity contribution is 9.10. The van der Waals surface area contributed by atoms with Gasteiger partial charge in [0, 0.05) is 0 Å². The van der Waals surface area contributed by atoms with Crippen LogP contribution in [0.1, 0.15) is 11.1 Å². The second kappa shape index (κ2) is 10.3. The molecule has 0 saturated heterocycles. The second-order valence-corrected chi connectivity index (χ2v) is 9.23. The number of methoxy groups -OCH3 is 1. The van der Waals surface area contributed by atoms with Crippen LogP contribution in [0.15, 0.2) is 56.5 Å². The summed E-state index contributed by atoms with van der Waals surface area (Å²) >= 11 is 3.61. The Morgan fingerprint density at radius 1 is 1.17 bits per heavy atom. The maximum absolute atomic E-state index is 13.0. The van der Waals surface area contributed by atoms with Crippen LogP contribution in [0, 0.1) is 12.3 Å². The number of fused-ring (bicyclic) bond motifs is 1. The molecule has 0 aliphatic carbocycles. The van der Waals surface area contributed by atoms with E-state index in [1.807, 2.05) is 31.2 Å². The molecule has 0 fully saturated rings. The molecule has 2 aromatic carbocycles. The Hall–Kier alpha value is -3.32. The number of ether oxygens (including phenoxy) is 3. The van der Waals surface area contributed by atoms with Crippen LogP contribution in [-0.2, 0) is 4.79 Å². The van der Waals surface area contributed by atoms with Gasteiger partial charge in [-0.15, -0.1) is 0 Å². The van der Waals surface area contributed by atoms with Crippen molar-refractivity contribution in [3.63, 3.8) is 0 Å². The molecule has 0 aromatic heterocycles.